The molecule has 0 aliphatic heterocycles. The van der Waals surface area contributed by atoms with Gasteiger partial charge in [0.05, 0.1) is 8.07 Å². The Bertz CT molecular complexity index is 357. The summed E-state index contributed by atoms with van der Waals surface area (Å²) < 4.78 is 0. The van der Waals surface area contributed by atoms with Crippen molar-refractivity contribution in [1.29, 1.82) is 0 Å². The molecule has 0 amide bonds. The predicted molar refractivity (Wildman–Crippen MR) is 87.7 cm³/mol. The van der Waals surface area contributed by atoms with Gasteiger partial charge in [0, 0.05) is 0 Å². The third-order valence-electron chi connectivity index (χ3n) is 5.01. The number of aromatic hydroxyl groups is 1. The van der Waals surface area contributed by atoms with Crippen molar-refractivity contribution in [2.75, 3.05) is 0 Å². The Morgan fingerprint density at radius 2 is 1.26 bits per heavy atom. The maximum absolute atomic E-state index is 9.36. The number of hydrogen-bond donors (Lipinski definition) is 1. The molecule has 2 heteroatoms. The van der Waals surface area contributed by atoms with Gasteiger partial charge in [0.2, 0.25) is 0 Å². The number of aryl methyl sites for hydroxylation is 1. The molecule has 108 valence electrons. The average molecular weight is 279 g/mol. The maximum atomic E-state index is 9.36. The predicted octanol–water partition coefficient (Wildman–Crippen LogP) is 5.61. The van der Waals surface area contributed by atoms with E-state index in [4.69, 9.17) is 0 Å². The molecule has 1 aromatic rings. The molecule has 0 fully saturated rings. The van der Waals surface area contributed by atoms with E-state index in [9.17, 15) is 5.11 Å². The molecule has 0 radical (unpaired) electrons. The molecule has 1 N–H and O–H groups in total. The molecular weight excluding hydrogens is 248 g/mol. The molecule has 0 unspecified atom stereocenters. The van der Waals surface area contributed by atoms with Gasteiger partial charge in [-0.15, -0.1) is 0 Å². The SMILES string of the molecule is CC(C)[Si](CCc1ccc(O)cc1)(C(C)C)C(C)C. The van der Waals surface area contributed by atoms with Gasteiger partial charge in [-0.25, -0.2) is 0 Å². The summed E-state index contributed by atoms with van der Waals surface area (Å²) in [5.74, 6) is 0.365. The van der Waals surface area contributed by atoms with Crippen LogP contribution in [0.15, 0.2) is 24.3 Å². The average Bonchev–Trinajstić information content (AvgIpc) is 2.30. The van der Waals surface area contributed by atoms with Gasteiger partial charge in [-0.2, -0.15) is 0 Å². The Morgan fingerprint density at radius 1 is 0.842 bits per heavy atom. The fourth-order valence-corrected chi connectivity index (χ4v) is 10.3. The smallest absolute Gasteiger partial charge is 0.115 e. The van der Waals surface area contributed by atoms with E-state index in [-0.39, 0.29) is 0 Å². The van der Waals surface area contributed by atoms with Crippen LogP contribution in [0.2, 0.25) is 22.7 Å². The van der Waals surface area contributed by atoms with E-state index in [1.807, 2.05) is 0 Å². The summed E-state index contributed by atoms with van der Waals surface area (Å²) in [6.07, 6.45) is 1.15. The Labute approximate surface area is 120 Å². The van der Waals surface area contributed by atoms with E-state index in [1.165, 1.54) is 11.6 Å². The third kappa shape index (κ3) is 3.62. The molecule has 1 rings (SSSR count). The first-order valence-corrected chi connectivity index (χ1v) is 10.0. The first-order chi connectivity index (χ1) is 8.80. The second-order valence-corrected chi connectivity index (χ2v) is 12.9. The van der Waals surface area contributed by atoms with Crippen LogP contribution < -0.4 is 0 Å². The van der Waals surface area contributed by atoms with Crippen LogP contribution in [0.25, 0.3) is 0 Å². The molecule has 0 aromatic heterocycles. The van der Waals surface area contributed by atoms with Crippen LogP contribution in [0.5, 0.6) is 5.75 Å². The topological polar surface area (TPSA) is 20.2 Å². The zero-order chi connectivity index (χ0) is 14.6. The number of benzene rings is 1. The number of phenols is 1. The Hall–Kier alpha value is -0.763. The fourth-order valence-electron chi connectivity index (χ4n) is 3.89. The van der Waals surface area contributed by atoms with Crippen molar-refractivity contribution in [3.05, 3.63) is 29.8 Å². The Morgan fingerprint density at radius 3 is 1.63 bits per heavy atom. The van der Waals surface area contributed by atoms with Gasteiger partial charge in [-0.1, -0.05) is 76.3 Å². The molecule has 0 spiro atoms. The summed E-state index contributed by atoms with van der Waals surface area (Å²) in [4.78, 5) is 0. The highest BCUT2D eigenvalue weighted by Crippen LogP contribution is 2.45. The Kier molecular flexibility index (Phi) is 5.66. The van der Waals surface area contributed by atoms with Crippen LogP contribution in [0, 0.1) is 0 Å². The molecule has 0 aliphatic rings. The molecule has 19 heavy (non-hydrogen) atoms. The van der Waals surface area contributed by atoms with E-state index in [0.29, 0.717) is 5.75 Å². The van der Waals surface area contributed by atoms with Gasteiger partial charge in [0.15, 0.2) is 0 Å². The zero-order valence-corrected chi connectivity index (χ0v) is 14.4. The van der Waals surface area contributed by atoms with Crippen molar-refractivity contribution >= 4 is 8.07 Å². The van der Waals surface area contributed by atoms with Crippen LogP contribution in [0.4, 0.5) is 0 Å². The molecule has 0 aliphatic carbocycles. The van der Waals surface area contributed by atoms with Gasteiger partial charge in [0.25, 0.3) is 0 Å². The van der Waals surface area contributed by atoms with Crippen molar-refractivity contribution < 1.29 is 5.11 Å². The highest BCUT2D eigenvalue weighted by Gasteiger charge is 2.41. The summed E-state index contributed by atoms with van der Waals surface area (Å²) in [5.41, 5.74) is 3.83. The molecule has 0 saturated carbocycles. The monoisotopic (exact) mass is 278 g/mol. The van der Waals surface area contributed by atoms with Gasteiger partial charge in [0.1, 0.15) is 5.75 Å². The lowest BCUT2D eigenvalue weighted by Gasteiger charge is -2.43. The van der Waals surface area contributed by atoms with E-state index in [1.54, 1.807) is 12.1 Å². The minimum atomic E-state index is -1.29. The van der Waals surface area contributed by atoms with Crippen molar-refractivity contribution in [3.63, 3.8) is 0 Å². The number of rotatable bonds is 6. The lowest BCUT2D eigenvalue weighted by atomic mass is 10.2. The summed E-state index contributed by atoms with van der Waals surface area (Å²) in [5, 5.41) is 9.36. The lowest BCUT2D eigenvalue weighted by Crippen LogP contribution is -2.44. The summed E-state index contributed by atoms with van der Waals surface area (Å²) in [6, 6.07) is 9.09. The molecule has 1 nitrogen and oxygen atoms in total. The molecule has 0 saturated heterocycles. The number of hydrogen-bond acceptors (Lipinski definition) is 1. The van der Waals surface area contributed by atoms with E-state index >= 15 is 0 Å². The first kappa shape index (κ1) is 16.3. The largest absolute Gasteiger partial charge is 0.508 e. The second-order valence-electron chi connectivity index (χ2n) is 6.74. The molecule has 0 bridgehead atoms. The van der Waals surface area contributed by atoms with Crippen LogP contribution in [0.3, 0.4) is 0 Å². The van der Waals surface area contributed by atoms with Gasteiger partial charge in [-0.3, -0.25) is 0 Å². The molecule has 0 heterocycles. The first-order valence-electron chi connectivity index (χ1n) is 7.58. The standard InChI is InChI=1S/C17H30OSi/c1-13(2)19(14(3)4,15(5)6)12-11-16-7-9-17(18)10-8-16/h7-10,13-15,18H,11-12H2,1-6H3. The second kappa shape index (κ2) is 6.60. The molecule has 0 atom stereocenters. The van der Waals surface area contributed by atoms with Crippen LogP contribution in [0.1, 0.15) is 47.1 Å². The van der Waals surface area contributed by atoms with Gasteiger partial charge in [-0.05, 0) is 24.1 Å². The summed E-state index contributed by atoms with van der Waals surface area (Å²) in [7, 11) is -1.29. The molecular formula is C17H30OSi. The quantitative estimate of drug-likeness (QED) is 0.670. The third-order valence-corrected chi connectivity index (χ3v) is 12.6. The van der Waals surface area contributed by atoms with Crippen molar-refractivity contribution in [3.8, 4) is 5.75 Å². The minimum Gasteiger partial charge on any atom is -0.508 e. The van der Waals surface area contributed by atoms with E-state index in [0.717, 1.165) is 23.0 Å². The van der Waals surface area contributed by atoms with Crippen molar-refractivity contribution in [2.45, 2.75) is 70.6 Å². The van der Waals surface area contributed by atoms with Crippen molar-refractivity contribution in [1.82, 2.24) is 0 Å². The van der Waals surface area contributed by atoms with Crippen molar-refractivity contribution in [2.24, 2.45) is 0 Å². The van der Waals surface area contributed by atoms with Crippen LogP contribution >= 0.6 is 0 Å². The fraction of sp³-hybridized carbons (Fsp3) is 0.647. The van der Waals surface area contributed by atoms with Gasteiger partial charge >= 0.3 is 0 Å². The van der Waals surface area contributed by atoms with Crippen LogP contribution in [-0.2, 0) is 6.42 Å². The van der Waals surface area contributed by atoms with Crippen LogP contribution in [-0.4, -0.2) is 13.2 Å². The molecule has 1 aromatic carbocycles. The summed E-state index contributed by atoms with van der Waals surface area (Å²) in [6.45, 7) is 14.5. The summed E-state index contributed by atoms with van der Waals surface area (Å²) >= 11 is 0. The highest BCUT2D eigenvalue weighted by atomic mass is 28.3. The minimum absolute atomic E-state index is 0.365. The lowest BCUT2D eigenvalue weighted by molar-refractivity contribution is 0.475. The number of phenolic OH excluding ortho intramolecular Hbond substituents is 1. The Balaban J connectivity index is 2.87. The highest BCUT2D eigenvalue weighted by molar-refractivity contribution is 6.83. The van der Waals surface area contributed by atoms with E-state index in [2.05, 4.69) is 53.7 Å². The van der Waals surface area contributed by atoms with E-state index < -0.39 is 8.07 Å². The maximum Gasteiger partial charge on any atom is 0.115 e. The normalized spacial score (nSPS) is 12.7. The van der Waals surface area contributed by atoms with Gasteiger partial charge < -0.3 is 5.11 Å². The zero-order valence-electron chi connectivity index (χ0n) is 13.4.